The molecular formula is C34H54FeO3. The van der Waals surface area contributed by atoms with Gasteiger partial charge in [-0.1, -0.05) is 45.4 Å². The Labute approximate surface area is 221 Å². The number of hydrogen-bond acceptors (Lipinski definition) is 2. The van der Waals surface area contributed by atoms with Gasteiger partial charge in [-0.2, -0.15) is 0 Å². The molecule has 0 radical (unpaired) electrons. The van der Waals surface area contributed by atoms with E-state index in [1.54, 1.807) is 6.42 Å². The van der Waals surface area contributed by atoms with E-state index in [1.165, 1.54) is 132 Å². The van der Waals surface area contributed by atoms with Gasteiger partial charge >= 0.3 is 176 Å². The molecule has 1 spiro atoms. The van der Waals surface area contributed by atoms with Gasteiger partial charge in [0.2, 0.25) is 0 Å². The van der Waals surface area contributed by atoms with Gasteiger partial charge in [-0.3, -0.25) is 0 Å². The van der Waals surface area contributed by atoms with Crippen LogP contribution in [0.2, 0.25) is 47.2 Å². The van der Waals surface area contributed by atoms with Gasteiger partial charge in [0.15, 0.2) is 0 Å². The first-order valence-corrected chi connectivity index (χ1v) is 23.5. The second-order valence-electron chi connectivity index (χ2n) is 18.0. The van der Waals surface area contributed by atoms with Gasteiger partial charge in [0, 0.05) is 0 Å². The van der Waals surface area contributed by atoms with E-state index in [-0.39, 0.29) is 6.42 Å². The number of rotatable bonds is 23. The summed E-state index contributed by atoms with van der Waals surface area (Å²) < 4.78 is 1.20. The summed E-state index contributed by atoms with van der Waals surface area (Å²) in [5.41, 5.74) is 0. The second-order valence-corrected chi connectivity index (χ2v) is 41.3. The number of carboxylic acid groups (broad SMARTS) is 1. The molecule has 10 rings (SSSR count). The van der Waals surface area contributed by atoms with E-state index in [9.17, 15) is 9.59 Å². The van der Waals surface area contributed by atoms with Crippen LogP contribution < -0.4 is 0 Å². The number of unbranched alkanes of at least 4 members (excludes halogenated alkanes) is 16. The molecule has 4 heteroatoms. The normalized spacial score (nSPS) is 61.7. The van der Waals surface area contributed by atoms with Crippen LogP contribution in [0.1, 0.15) is 142 Å². The average Bonchev–Trinajstić information content (AvgIpc) is 3.85. The quantitative estimate of drug-likeness (QED) is 0.0989. The molecule has 10 aliphatic heterocycles. The number of aliphatic carboxylic acids is 1. The van der Waals surface area contributed by atoms with Crippen LogP contribution in [0.15, 0.2) is 0 Å². The number of Topliss-reactive ketones (excluding diaryl/α,β-unsaturated/α-hetero) is 1. The topological polar surface area (TPSA) is 54.4 Å². The van der Waals surface area contributed by atoms with Gasteiger partial charge in [0.05, 0.1) is 0 Å². The molecule has 0 aromatic heterocycles. The zero-order valence-corrected chi connectivity index (χ0v) is 25.2. The van der Waals surface area contributed by atoms with E-state index in [1.807, 2.05) is 0 Å². The van der Waals surface area contributed by atoms with Gasteiger partial charge in [0.25, 0.3) is 0 Å². The fraction of sp³-hybridized carbons (Fsp3) is 0.941. The first kappa shape index (κ1) is 23.2. The Morgan fingerprint density at radius 1 is 0.579 bits per heavy atom. The first-order valence-electron chi connectivity index (χ1n) is 17.3. The first-order chi connectivity index (χ1) is 18.3. The van der Waals surface area contributed by atoms with E-state index in [4.69, 9.17) is 5.11 Å². The van der Waals surface area contributed by atoms with Crippen LogP contribution in [0.5, 0.6) is 0 Å². The zero-order valence-electron chi connectivity index (χ0n) is 24.1. The summed E-state index contributed by atoms with van der Waals surface area (Å²) in [5, 5.41) is 8.99. The minimum atomic E-state index is -3.58. The molecule has 10 fully saturated rings. The van der Waals surface area contributed by atoms with Crippen molar-refractivity contribution >= 4 is 11.8 Å². The Hall–Kier alpha value is -0.341. The number of ketones is 1. The summed E-state index contributed by atoms with van der Waals surface area (Å²) in [5.74, 6) is 0.0222. The molecule has 0 bridgehead atoms. The van der Waals surface area contributed by atoms with Crippen molar-refractivity contribution in [1.82, 2.24) is 0 Å². The van der Waals surface area contributed by atoms with Crippen molar-refractivity contribution in [2.24, 2.45) is 0 Å². The fourth-order valence-electron chi connectivity index (χ4n) is 22.2. The standard InChI is InChI=1S/C23H41.C11H13O3.Fe/c1-2-3-4-5-6-7-8-9-10-11-12-13-14-15-16-17-20-23-21-18-19-22-23;12-10(9-5-1-2-6-9)7-3-4-8-11(13)14;/h18-19,21-22H,2-17,20H2,1H3;1-2,5-6H,3-4,7-8H2,(H,13,14);. The van der Waals surface area contributed by atoms with Crippen LogP contribution in [0.25, 0.3) is 0 Å². The van der Waals surface area contributed by atoms with Crippen molar-refractivity contribution in [2.75, 3.05) is 0 Å². The van der Waals surface area contributed by atoms with Crippen molar-refractivity contribution in [3.63, 3.8) is 0 Å². The van der Waals surface area contributed by atoms with Crippen molar-refractivity contribution in [3.05, 3.63) is 0 Å². The molecule has 0 amide bonds. The van der Waals surface area contributed by atoms with Crippen molar-refractivity contribution < 1.29 is 21.2 Å². The fourth-order valence-corrected chi connectivity index (χ4v) is 99.4. The third-order valence-electron chi connectivity index (χ3n) is 21.0. The predicted octanol–water partition coefficient (Wildman–Crippen LogP) is 11.0. The van der Waals surface area contributed by atoms with Crippen molar-refractivity contribution in [1.29, 1.82) is 0 Å². The zero-order chi connectivity index (χ0) is 25.9. The SMILES string of the molecule is CCCCCCCCCCCCCCCCCC[C]12[CH]3[CH]4[CH]5[CH]1[Fe]45321678[CH]2[CH]1[CH]6[C]7(C(=O)CCCCC(=O)O)[CH]28. The Morgan fingerprint density at radius 2 is 1.00 bits per heavy atom. The number of fused-ring (bicyclic) bond motifs is 10. The summed E-state index contributed by atoms with van der Waals surface area (Å²) in [6, 6.07) is 0. The Kier molecular flexibility index (Phi) is 2.46. The molecule has 10 saturated heterocycles. The Balaban J connectivity index is 0.671. The molecule has 0 aliphatic carbocycles. The van der Waals surface area contributed by atoms with Crippen LogP contribution in [0.3, 0.4) is 0 Å². The average molecular weight is 567 g/mol. The molecule has 0 aromatic carbocycles. The molecule has 3 nitrogen and oxygen atoms in total. The monoisotopic (exact) mass is 566 g/mol. The molecule has 1 N–H and O–H groups in total. The maximum atomic E-state index is 13.9. The maximum absolute atomic E-state index is 13.9. The van der Waals surface area contributed by atoms with Crippen LogP contribution in [0.4, 0.5) is 0 Å². The molecule has 10 heterocycles. The van der Waals surface area contributed by atoms with Crippen LogP contribution in [-0.2, 0) is 16.1 Å². The van der Waals surface area contributed by atoms with Crippen molar-refractivity contribution in [2.45, 2.75) is 189 Å². The number of carboxylic acids is 1. The summed E-state index contributed by atoms with van der Waals surface area (Å²) in [6.07, 6.45) is 27.3. The Bertz CT molecular complexity index is 1440. The molecule has 8 unspecified atom stereocenters. The van der Waals surface area contributed by atoms with Gasteiger partial charge < -0.3 is 0 Å². The molecule has 38 heavy (non-hydrogen) atoms. The molecule has 0 saturated carbocycles. The van der Waals surface area contributed by atoms with Crippen LogP contribution in [-0.4, -0.2) is 16.9 Å². The van der Waals surface area contributed by atoms with E-state index in [0.29, 0.717) is 10.7 Å². The number of carbonyl (C=O) groups is 2. The summed E-state index contributed by atoms with van der Waals surface area (Å²) in [4.78, 5) is 34.1. The Morgan fingerprint density at radius 3 is 1.42 bits per heavy atom. The summed E-state index contributed by atoms with van der Waals surface area (Å²) >= 11 is 0. The third kappa shape index (κ3) is 0.645. The van der Waals surface area contributed by atoms with Crippen molar-refractivity contribution in [3.8, 4) is 0 Å². The van der Waals surface area contributed by atoms with E-state index in [2.05, 4.69) is 6.92 Å². The molecular weight excluding hydrogens is 512 g/mol. The third-order valence-corrected chi connectivity index (χ3v) is 64.4. The van der Waals surface area contributed by atoms with Gasteiger partial charge in [-0.25, -0.2) is 0 Å². The van der Waals surface area contributed by atoms with E-state index in [0.717, 1.165) is 32.6 Å². The van der Waals surface area contributed by atoms with Crippen LogP contribution in [0, 0.1) is 0 Å². The minimum absolute atomic E-state index is 0.245. The summed E-state index contributed by atoms with van der Waals surface area (Å²) in [7, 11) is 0. The second kappa shape index (κ2) is 4.02. The predicted molar refractivity (Wildman–Crippen MR) is 151 cm³/mol. The molecule has 10 aliphatic rings. The van der Waals surface area contributed by atoms with Gasteiger partial charge in [0.1, 0.15) is 0 Å². The number of carbonyl (C=O) groups excluding carboxylic acids is 1. The van der Waals surface area contributed by atoms with Gasteiger partial charge in [-0.15, -0.1) is 0 Å². The number of hydrogen-bond donors (Lipinski definition) is 1. The van der Waals surface area contributed by atoms with Gasteiger partial charge in [-0.05, 0) is 0 Å². The molecule has 216 valence electrons. The molecule has 0 aromatic rings. The van der Waals surface area contributed by atoms with E-state index < -0.39 is 12.5 Å². The molecule has 8 atom stereocenters. The van der Waals surface area contributed by atoms with Crippen LogP contribution >= 0.6 is 0 Å². The van der Waals surface area contributed by atoms with E-state index >= 15 is 0 Å². The summed E-state index contributed by atoms with van der Waals surface area (Å²) in [6.45, 7) is -1.28.